The third kappa shape index (κ3) is 3.45. The highest BCUT2D eigenvalue weighted by Gasteiger charge is 2.37. The van der Waals surface area contributed by atoms with Crippen LogP contribution in [0.25, 0.3) is 0 Å². The van der Waals surface area contributed by atoms with E-state index in [1.165, 1.54) is 6.34 Å². The van der Waals surface area contributed by atoms with Crippen LogP contribution in [0.15, 0.2) is 58.0 Å². The minimum atomic E-state index is -1.21. The number of nitrogens with zero attached hydrogens (tertiary/aromatic N) is 2. The second-order valence-electron chi connectivity index (χ2n) is 5.59. The molecule has 0 bridgehead atoms. The van der Waals surface area contributed by atoms with Crippen molar-refractivity contribution in [1.82, 2.24) is 10.2 Å². The maximum atomic E-state index is 11.9. The normalized spacial score (nSPS) is 17.9. The van der Waals surface area contributed by atoms with Gasteiger partial charge in [0.2, 0.25) is 0 Å². The van der Waals surface area contributed by atoms with E-state index in [0.29, 0.717) is 11.3 Å². The van der Waals surface area contributed by atoms with Crippen molar-refractivity contribution >= 4 is 18.3 Å². The highest BCUT2D eigenvalue weighted by atomic mass is 16.4. The standard InChI is InChI=1S/C17H19N3O4/c1-10-12(16(21)22)13(11-7-5-4-6-8-11)14(17(23)24)15(19-10)18-9-20(2)3/h4-9,13,19H,1-3H3,(H,21,22)(H,23,24)/b18-9+. The van der Waals surface area contributed by atoms with Crippen LogP contribution in [0.1, 0.15) is 18.4 Å². The Morgan fingerprint density at radius 2 is 1.71 bits per heavy atom. The van der Waals surface area contributed by atoms with E-state index in [9.17, 15) is 19.8 Å². The van der Waals surface area contributed by atoms with Crippen molar-refractivity contribution in [2.45, 2.75) is 12.8 Å². The van der Waals surface area contributed by atoms with E-state index in [-0.39, 0.29) is 17.0 Å². The largest absolute Gasteiger partial charge is 0.478 e. The lowest BCUT2D eigenvalue weighted by atomic mass is 9.81. The van der Waals surface area contributed by atoms with Crippen molar-refractivity contribution in [3.8, 4) is 0 Å². The number of carboxylic acid groups (broad SMARTS) is 2. The molecule has 1 heterocycles. The molecule has 1 aliphatic heterocycles. The molecule has 1 atom stereocenters. The number of carboxylic acids is 2. The van der Waals surface area contributed by atoms with Crippen LogP contribution in [0.3, 0.4) is 0 Å². The van der Waals surface area contributed by atoms with E-state index < -0.39 is 17.9 Å². The molecule has 24 heavy (non-hydrogen) atoms. The van der Waals surface area contributed by atoms with Gasteiger partial charge in [-0.2, -0.15) is 0 Å². The maximum absolute atomic E-state index is 11.9. The minimum absolute atomic E-state index is 0.00223. The van der Waals surface area contributed by atoms with Crippen LogP contribution in [0.2, 0.25) is 0 Å². The molecular weight excluding hydrogens is 310 g/mol. The first kappa shape index (κ1) is 17.3. The molecule has 1 unspecified atom stereocenters. The van der Waals surface area contributed by atoms with E-state index in [0.717, 1.165) is 0 Å². The average molecular weight is 329 g/mol. The van der Waals surface area contributed by atoms with Crippen LogP contribution in [0, 0.1) is 0 Å². The molecule has 1 aromatic rings. The molecule has 7 nitrogen and oxygen atoms in total. The third-order valence-electron chi connectivity index (χ3n) is 3.55. The fourth-order valence-corrected chi connectivity index (χ4v) is 2.57. The number of nitrogens with one attached hydrogen (secondary N) is 1. The third-order valence-corrected chi connectivity index (χ3v) is 3.55. The second kappa shape index (κ2) is 6.99. The lowest BCUT2D eigenvalue weighted by Crippen LogP contribution is -2.31. The van der Waals surface area contributed by atoms with E-state index in [1.54, 1.807) is 56.3 Å². The van der Waals surface area contributed by atoms with Gasteiger partial charge < -0.3 is 20.4 Å². The van der Waals surface area contributed by atoms with Gasteiger partial charge in [-0.3, -0.25) is 0 Å². The van der Waals surface area contributed by atoms with Gasteiger partial charge >= 0.3 is 11.9 Å². The Kier molecular flexibility index (Phi) is 5.03. The lowest BCUT2D eigenvalue weighted by Gasteiger charge is -2.28. The number of benzene rings is 1. The van der Waals surface area contributed by atoms with E-state index >= 15 is 0 Å². The monoisotopic (exact) mass is 329 g/mol. The summed E-state index contributed by atoms with van der Waals surface area (Å²) in [7, 11) is 3.51. The van der Waals surface area contributed by atoms with Crippen molar-refractivity contribution in [3.63, 3.8) is 0 Å². The fraction of sp³-hybridized carbons (Fsp3) is 0.235. The molecule has 0 fully saturated rings. The molecule has 2 rings (SSSR count). The molecular formula is C17H19N3O4. The predicted octanol–water partition coefficient (Wildman–Crippen LogP) is 1.62. The van der Waals surface area contributed by atoms with Crippen molar-refractivity contribution in [2.75, 3.05) is 14.1 Å². The molecule has 0 aliphatic carbocycles. The first-order valence-corrected chi connectivity index (χ1v) is 7.27. The van der Waals surface area contributed by atoms with Crippen LogP contribution < -0.4 is 5.32 Å². The zero-order valence-electron chi connectivity index (χ0n) is 13.6. The summed E-state index contributed by atoms with van der Waals surface area (Å²) >= 11 is 0. The number of hydrogen-bond donors (Lipinski definition) is 3. The average Bonchev–Trinajstić information content (AvgIpc) is 2.52. The summed E-state index contributed by atoms with van der Waals surface area (Å²) in [5.41, 5.74) is 0.864. The van der Waals surface area contributed by atoms with Gasteiger partial charge in [-0.05, 0) is 12.5 Å². The summed E-state index contributed by atoms with van der Waals surface area (Å²) in [6, 6.07) is 8.70. The Balaban J connectivity index is 2.69. The molecule has 1 aromatic carbocycles. The summed E-state index contributed by atoms with van der Waals surface area (Å²) in [5, 5.41) is 22.1. The molecule has 0 saturated carbocycles. The maximum Gasteiger partial charge on any atom is 0.336 e. The number of aliphatic carboxylic acids is 2. The van der Waals surface area contributed by atoms with Gasteiger partial charge in [0.15, 0.2) is 0 Å². The molecule has 126 valence electrons. The number of dihydropyridines is 1. The van der Waals surface area contributed by atoms with Gasteiger partial charge in [-0.25, -0.2) is 14.6 Å². The Labute approximate surface area is 139 Å². The van der Waals surface area contributed by atoms with E-state index in [1.807, 2.05) is 0 Å². The molecule has 1 aliphatic rings. The summed E-state index contributed by atoms with van der Waals surface area (Å²) < 4.78 is 0. The summed E-state index contributed by atoms with van der Waals surface area (Å²) in [6.07, 6.45) is 1.46. The van der Waals surface area contributed by atoms with Crippen molar-refractivity contribution < 1.29 is 19.8 Å². The topological polar surface area (TPSA) is 102 Å². The van der Waals surface area contributed by atoms with Crippen molar-refractivity contribution in [2.24, 2.45) is 4.99 Å². The Morgan fingerprint density at radius 1 is 1.12 bits per heavy atom. The van der Waals surface area contributed by atoms with Gasteiger partial charge in [-0.15, -0.1) is 0 Å². The first-order valence-electron chi connectivity index (χ1n) is 7.27. The van der Waals surface area contributed by atoms with Gasteiger partial charge in [0.1, 0.15) is 5.82 Å². The first-order chi connectivity index (χ1) is 11.3. The van der Waals surface area contributed by atoms with Gasteiger partial charge in [0.05, 0.1) is 23.4 Å². The highest BCUT2D eigenvalue weighted by molar-refractivity contribution is 5.98. The molecule has 0 spiro atoms. The molecule has 0 saturated heterocycles. The SMILES string of the molecule is CC1=C(C(=O)O)C(c2ccccc2)C(C(=O)O)=C(/N=C/N(C)C)N1. The van der Waals surface area contributed by atoms with Gasteiger partial charge in [0, 0.05) is 19.8 Å². The summed E-state index contributed by atoms with van der Waals surface area (Å²) in [5.74, 6) is -3.15. The number of hydrogen-bond acceptors (Lipinski definition) is 4. The van der Waals surface area contributed by atoms with Crippen LogP contribution >= 0.6 is 0 Å². The van der Waals surface area contributed by atoms with Crippen LogP contribution in [-0.2, 0) is 9.59 Å². The van der Waals surface area contributed by atoms with Crippen LogP contribution in [0.4, 0.5) is 0 Å². The van der Waals surface area contributed by atoms with E-state index in [4.69, 9.17) is 0 Å². The second-order valence-corrected chi connectivity index (χ2v) is 5.59. The number of rotatable bonds is 5. The molecule has 3 N–H and O–H groups in total. The number of carbonyl (C=O) groups is 2. The highest BCUT2D eigenvalue weighted by Crippen LogP contribution is 2.38. The summed E-state index contributed by atoms with van der Waals surface area (Å²) in [6.45, 7) is 1.60. The van der Waals surface area contributed by atoms with Crippen LogP contribution in [-0.4, -0.2) is 47.5 Å². The van der Waals surface area contributed by atoms with Crippen LogP contribution in [0.5, 0.6) is 0 Å². The Morgan fingerprint density at radius 3 is 2.21 bits per heavy atom. The van der Waals surface area contributed by atoms with Crippen molar-refractivity contribution in [1.29, 1.82) is 0 Å². The molecule has 7 heteroatoms. The van der Waals surface area contributed by atoms with E-state index in [2.05, 4.69) is 10.3 Å². The lowest BCUT2D eigenvalue weighted by molar-refractivity contribution is -0.133. The molecule has 0 radical (unpaired) electrons. The van der Waals surface area contributed by atoms with Gasteiger partial charge in [-0.1, -0.05) is 30.3 Å². The number of aliphatic imine (C=N–C) groups is 1. The zero-order chi connectivity index (χ0) is 17.9. The Bertz CT molecular complexity index is 748. The Hall–Kier alpha value is -3.09. The smallest absolute Gasteiger partial charge is 0.336 e. The summed E-state index contributed by atoms with van der Waals surface area (Å²) in [4.78, 5) is 29.4. The van der Waals surface area contributed by atoms with Crippen molar-refractivity contribution in [3.05, 3.63) is 58.6 Å². The quantitative estimate of drug-likeness (QED) is 0.560. The minimum Gasteiger partial charge on any atom is -0.478 e. The van der Waals surface area contributed by atoms with Gasteiger partial charge in [0.25, 0.3) is 0 Å². The molecule has 0 amide bonds. The molecule has 0 aromatic heterocycles. The zero-order valence-corrected chi connectivity index (χ0v) is 13.6. The number of allylic oxidation sites excluding steroid dienone is 1. The predicted molar refractivity (Wildman–Crippen MR) is 89.5 cm³/mol. The fourth-order valence-electron chi connectivity index (χ4n) is 2.57.